The van der Waals surface area contributed by atoms with Crippen molar-refractivity contribution in [1.29, 1.82) is 0 Å². The third-order valence-corrected chi connectivity index (χ3v) is 4.70. The number of carbonyl (C=O) groups excluding carboxylic acids is 1. The SMILES string of the molecule is CC(/C=C/CCCCCCOc1cccc2ccccc12)=C\C(=O)NCC(C)C. The summed E-state index contributed by atoms with van der Waals surface area (Å²) in [6.07, 6.45) is 11.5. The molecule has 1 N–H and O–H groups in total. The van der Waals surface area contributed by atoms with Crippen molar-refractivity contribution in [3.63, 3.8) is 0 Å². The van der Waals surface area contributed by atoms with Gasteiger partial charge in [-0.1, -0.05) is 75.2 Å². The van der Waals surface area contributed by atoms with Gasteiger partial charge in [-0.3, -0.25) is 4.79 Å². The van der Waals surface area contributed by atoms with Crippen LogP contribution >= 0.6 is 0 Å². The van der Waals surface area contributed by atoms with Crippen molar-refractivity contribution in [2.24, 2.45) is 5.92 Å². The topological polar surface area (TPSA) is 38.3 Å². The van der Waals surface area contributed by atoms with Crippen LogP contribution in [-0.2, 0) is 4.79 Å². The number of benzene rings is 2. The third-order valence-electron chi connectivity index (χ3n) is 4.70. The summed E-state index contributed by atoms with van der Waals surface area (Å²) >= 11 is 0. The molecule has 3 heteroatoms. The number of nitrogens with one attached hydrogen (secondary N) is 1. The highest BCUT2D eigenvalue weighted by atomic mass is 16.5. The predicted molar refractivity (Wildman–Crippen MR) is 123 cm³/mol. The van der Waals surface area contributed by atoms with E-state index in [1.807, 2.05) is 25.1 Å². The molecule has 1 amide bonds. The Morgan fingerprint density at radius 3 is 2.62 bits per heavy atom. The minimum atomic E-state index is -0.00737. The number of fused-ring (bicyclic) bond motifs is 1. The van der Waals surface area contributed by atoms with E-state index in [0.29, 0.717) is 5.92 Å². The molecule has 0 unspecified atom stereocenters. The average molecular weight is 394 g/mol. The highest BCUT2D eigenvalue weighted by molar-refractivity contribution is 5.88. The summed E-state index contributed by atoms with van der Waals surface area (Å²) in [5, 5.41) is 5.31. The Labute approximate surface area is 175 Å². The maximum atomic E-state index is 11.7. The molecule has 156 valence electrons. The molecule has 0 heterocycles. The van der Waals surface area contributed by atoms with Crippen molar-refractivity contribution >= 4 is 16.7 Å². The summed E-state index contributed by atoms with van der Waals surface area (Å²) in [6.45, 7) is 7.63. The molecule has 0 radical (unpaired) electrons. The second-order valence-electron chi connectivity index (χ2n) is 7.96. The van der Waals surface area contributed by atoms with E-state index in [-0.39, 0.29) is 5.91 Å². The van der Waals surface area contributed by atoms with E-state index in [1.165, 1.54) is 23.6 Å². The maximum absolute atomic E-state index is 11.7. The maximum Gasteiger partial charge on any atom is 0.244 e. The molecule has 0 fully saturated rings. The molecule has 2 aromatic carbocycles. The minimum absolute atomic E-state index is 0.00737. The number of ether oxygens (including phenoxy) is 1. The zero-order valence-corrected chi connectivity index (χ0v) is 18.1. The largest absolute Gasteiger partial charge is 0.493 e. The van der Waals surface area contributed by atoms with Crippen molar-refractivity contribution in [2.45, 2.75) is 52.9 Å². The number of hydrogen-bond acceptors (Lipinski definition) is 2. The first-order valence-electron chi connectivity index (χ1n) is 10.8. The fourth-order valence-corrected chi connectivity index (χ4v) is 3.10. The van der Waals surface area contributed by atoms with Crippen molar-refractivity contribution in [3.05, 3.63) is 66.3 Å². The van der Waals surface area contributed by atoms with Gasteiger partial charge in [0, 0.05) is 18.0 Å². The average Bonchev–Trinajstić information content (AvgIpc) is 2.71. The van der Waals surface area contributed by atoms with Gasteiger partial charge < -0.3 is 10.1 Å². The van der Waals surface area contributed by atoms with Crippen LogP contribution in [0.3, 0.4) is 0 Å². The van der Waals surface area contributed by atoms with Gasteiger partial charge in [-0.15, -0.1) is 0 Å². The lowest BCUT2D eigenvalue weighted by molar-refractivity contribution is -0.116. The van der Waals surface area contributed by atoms with Crippen LogP contribution < -0.4 is 10.1 Å². The molecular formula is C26H35NO2. The Morgan fingerprint density at radius 1 is 1.03 bits per heavy atom. The van der Waals surface area contributed by atoms with Crippen molar-refractivity contribution < 1.29 is 9.53 Å². The molecule has 0 spiro atoms. The lowest BCUT2D eigenvalue weighted by atomic mass is 10.1. The Bertz CT molecular complexity index is 815. The van der Waals surface area contributed by atoms with Crippen molar-refractivity contribution in [1.82, 2.24) is 5.32 Å². The van der Waals surface area contributed by atoms with E-state index in [9.17, 15) is 4.79 Å². The molecule has 0 bridgehead atoms. The standard InChI is InChI=1S/C26H35NO2/c1-21(2)20-27-26(28)19-22(3)13-8-6-4-5-7-11-18-29-25-17-12-15-23-14-9-10-16-24(23)25/h8-10,12-17,19,21H,4-7,11,18,20H2,1-3H3,(H,27,28)/b13-8+,22-19+. The van der Waals surface area contributed by atoms with Crippen LogP contribution in [0.1, 0.15) is 52.9 Å². The van der Waals surface area contributed by atoms with E-state index < -0.39 is 0 Å². The number of allylic oxidation sites excluding steroid dienone is 3. The normalized spacial score (nSPS) is 12.1. The fraction of sp³-hybridized carbons (Fsp3) is 0.423. The summed E-state index contributed by atoms with van der Waals surface area (Å²) < 4.78 is 5.99. The number of hydrogen-bond donors (Lipinski definition) is 1. The second-order valence-corrected chi connectivity index (χ2v) is 7.96. The van der Waals surface area contributed by atoms with Gasteiger partial charge >= 0.3 is 0 Å². The molecular weight excluding hydrogens is 358 g/mol. The highest BCUT2D eigenvalue weighted by Gasteiger charge is 2.01. The number of unbranched alkanes of at least 4 members (excludes halogenated alkanes) is 4. The second kappa shape index (κ2) is 12.8. The monoisotopic (exact) mass is 393 g/mol. The Morgan fingerprint density at radius 2 is 1.79 bits per heavy atom. The van der Waals surface area contributed by atoms with Crippen LogP contribution in [0.5, 0.6) is 5.75 Å². The quantitative estimate of drug-likeness (QED) is 0.256. The van der Waals surface area contributed by atoms with Gasteiger partial charge in [0.25, 0.3) is 0 Å². The Hall–Kier alpha value is -2.55. The van der Waals surface area contributed by atoms with Gasteiger partial charge in [0.15, 0.2) is 0 Å². The van der Waals surface area contributed by atoms with Crippen molar-refractivity contribution in [3.8, 4) is 5.75 Å². The van der Waals surface area contributed by atoms with Gasteiger partial charge in [-0.2, -0.15) is 0 Å². The van der Waals surface area contributed by atoms with E-state index in [2.05, 4.69) is 55.6 Å². The van der Waals surface area contributed by atoms with Gasteiger partial charge in [0.2, 0.25) is 5.91 Å². The zero-order valence-electron chi connectivity index (χ0n) is 18.1. The van der Waals surface area contributed by atoms with Gasteiger partial charge in [0.1, 0.15) is 5.75 Å². The number of amides is 1. The molecule has 29 heavy (non-hydrogen) atoms. The van der Waals surface area contributed by atoms with Crippen LogP contribution in [0, 0.1) is 5.92 Å². The summed E-state index contributed by atoms with van der Waals surface area (Å²) in [7, 11) is 0. The van der Waals surface area contributed by atoms with E-state index >= 15 is 0 Å². The lowest BCUT2D eigenvalue weighted by Crippen LogP contribution is -2.25. The molecule has 0 aliphatic heterocycles. The third kappa shape index (κ3) is 8.99. The lowest BCUT2D eigenvalue weighted by Gasteiger charge is -2.09. The first-order valence-corrected chi connectivity index (χ1v) is 10.8. The Balaban J connectivity index is 1.57. The molecule has 0 aliphatic carbocycles. The van der Waals surface area contributed by atoms with Crippen LogP contribution in [0.15, 0.2) is 66.3 Å². The minimum Gasteiger partial charge on any atom is -0.493 e. The van der Waals surface area contributed by atoms with E-state index in [4.69, 9.17) is 4.74 Å². The summed E-state index contributed by atoms with van der Waals surface area (Å²) in [4.78, 5) is 11.7. The number of carbonyl (C=O) groups is 1. The van der Waals surface area contributed by atoms with Crippen LogP contribution in [0.2, 0.25) is 0 Å². The molecule has 2 rings (SSSR count). The summed E-state index contributed by atoms with van der Waals surface area (Å²) in [5.41, 5.74) is 0.995. The summed E-state index contributed by atoms with van der Waals surface area (Å²) in [6, 6.07) is 14.6. The van der Waals surface area contributed by atoms with Gasteiger partial charge in [-0.25, -0.2) is 0 Å². The molecule has 0 saturated heterocycles. The summed E-state index contributed by atoms with van der Waals surface area (Å²) in [5.74, 6) is 1.44. The van der Waals surface area contributed by atoms with E-state index in [1.54, 1.807) is 6.08 Å². The highest BCUT2D eigenvalue weighted by Crippen LogP contribution is 2.25. The van der Waals surface area contributed by atoms with Crippen LogP contribution in [-0.4, -0.2) is 19.1 Å². The van der Waals surface area contributed by atoms with Gasteiger partial charge in [-0.05, 0) is 49.1 Å². The van der Waals surface area contributed by atoms with Crippen molar-refractivity contribution in [2.75, 3.05) is 13.2 Å². The predicted octanol–water partition coefficient (Wildman–Crippen LogP) is 6.44. The first-order chi connectivity index (χ1) is 14.1. The smallest absolute Gasteiger partial charge is 0.244 e. The molecule has 3 nitrogen and oxygen atoms in total. The molecule has 0 aromatic heterocycles. The van der Waals surface area contributed by atoms with Gasteiger partial charge in [0.05, 0.1) is 6.61 Å². The molecule has 2 aromatic rings. The van der Waals surface area contributed by atoms with Crippen LogP contribution in [0.25, 0.3) is 10.8 Å². The molecule has 0 saturated carbocycles. The number of rotatable bonds is 12. The first kappa shape index (κ1) is 22.7. The molecule has 0 atom stereocenters. The Kier molecular flexibility index (Phi) is 10.1. The van der Waals surface area contributed by atoms with Crippen LogP contribution in [0.4, 0.5) is 0 Å². The molecule has 0 aliphatic rings. The zero-order chi connectivity index (χ0) is 20.9. The fourth-order valence-electron chi connectivity index (χ4n) is 3.10. The van der Waals surface area contributed by atoms with E-state index in [0.717, 1.165) is 43.7 Å².